The van der Waals surface area contributed by atoms with Crippen molar-refractivity contribution in [2.24, 2.45) is 23.5 Å². The Morgan fingerprint density at radius 1 is 0.717 bits per heavy atom. The molecule has 15 heteroatoms. The highest BCUT2D eigenvalue weighted by Crippen LogP contribution is 2.14. The summed E-state index contributed by atoms with van der Waals surface area (Å²) in [5, 5.41) is 31.3. The van der Waals surface area contributed by atoms with E-state index in [-0.39, 0.29) is 36.2 Å². The Kier molecular flexibility index (Phi) is 17.1. The van der Waals surface area contributed by atoms with Crippen LogP contribution in [0, 0.1) is 17.8 Å². The quantitative estimate of drug-likeness (QED) is 0.0910. The SMILES string of the molecule is CC(C)C[C@H](NC(=O)[C@H](Cc1ccc(O)cc1)NC(=O)[C@@H](N)CC(C)C)C(=O)N[C@H](C(=O)N[C@@H](CS)C(=O)NCC(=O)O)C(C)C. The number of carbonyl (C=O) groups excluding carboxylic acids is 5. The molecule has 0 saturated heterocycles. The fraction of sp³-hybridized carbons (Fsp3) is 0.613. The van der Waals surface area contributed by atoms with E-state index in [2.05, 4.69) is 39.2 Å². The number of amides is 5. The Hall–Kier alpha value is -3.85. The third kappa shape index (κ3) is 14.5. The molecule has 1 rings (SSSR count). The summed E-state index contributed by atoms with van der Waals surface area (Å²) in [6.45, 7) is 10.3. The van der Waals surface area contributed by atoms with Crippen LogP contribution in [0.25, 0.3) is 0 Å². The van der Waals surface area contributed by atoms with Crippen molar-refractivity contribution in [1.82, 2.24) is 26.6 Å². The van der Waals surface area contributed by atoms with Crippen LogP contribution in [0.1, 0.15) is 59.9 Å². The fourth-order valence-corrected chi connectivity index (χ4v) is 4.73. The summed E-state index contributed by atoms with van der Waals surface area (Å²) in [5.41, 5.74) is 6.71. The van der Waals surface area contributed by atoms with Crippen molar-refractivity contribution in [3.05, 3.63) is 29.8 Å². The summed E-state index contributed by atoms with van der Waals surface area (Å²) in [6.07, 6.45) is 0.646. The number of nitrogens with two attached hydrogens (primary N) is 1. The van der Waals surface area contributed by atoms with Crippen molar-refractivity contribution in [2.75, 3.05) is 12.3 Å². The maximum Gasteiger partial charge on any atom is 0.322 e. The van der Waals surface area contributed by atoms with Crippen molar-refractivity contribution in [3.63, 3.8) is 0 Å². The molecular formula is C31H50N6O8S. The van der Waals surface area contributed by atoms with E-state index in [4.69, 9.17) is 10.8 Å². The van der Waals surface area contributed by atoms with Gasteiger partial charge in [-0.05, 0) is 48.3 Å². The van der Waals surface area contributed by atoms with Crippen LogP contribution in [-0.2, 0) is 35.2 Å². The molecule has 9 N–H and O–H groups in total. The second-order valence-corrected chi connectivity index (χ2v) is 12.8. The molecule has 0 saturated carbocycles. The lowest BCUT2D eigenvalue weighted by Gasteiger charge is -2.28. The molecule has 0 radical (unpaired) electrons. The largest absolute Gasteiger partial charge is 0.508 e. The van der Waals surface area contributed by atoms with Crippen molar-refractivity contribution in [2.45, 2.75) is 91.0 Å². The molecule has 0 aromatic heterocycles. The van der Waals surface area contributed by atoms with Gasteiger partial charge in [0.15, 0.2) is 0 Å². The van der Waals surface area contributed by atoms with Gasteiger partial charge in [0.2, 0.25) is 29.5 Å². The lowest BCUT2D eigenvalue weighted by molar-refractivity contribution is -0.138. The lowest BCUT2D eigenvalue weighted by atomic mass is 9.98. The summed E-state index contributed by atoms with van der Waals surface area (Å²) >= 11 is 4.08. The maximum absolute atomic E-state index is 13.6. The van der Waals surface area contributed by atoms with E-state index in [1.165, 1.54) is 12.1 Å². The van der Waals surface area contributed by atoms with Crippen LogP contribution in [0.2, 0.25) is 0 Å². The molecule has 0 aliphatic carbocycles. The first kappa shape index (κ1) is 40.2. The van der Waals surface area contributed by atoms with E-state index in [0.29, 0.717) is 12.0 Å². The highest BCUT2D eigenvalue weighted by Gasteiger charge is 2.33. The third-order valence-corrected chi connectivity index (χ3v) is 7.25. The molecule has 46 heavy (non-hydrogen) atoms. The van der Waals surface area contributed by atoms with E-state index in [1.807, 2.05) is 27.7 Å². The number of carboxylic acids is 1. The molecule has 1 aromatic rings. The average Bonchev–Trinajstić information content (AvgIpc) is 2.96. The number of thiol groups is 1. The third-order valence-electron chi connectivity index (χ3n) is 6.89. The second kappa shape index (κ2) is 19.6. The van der Waals surface area contributed by atoms with Gasteiger partial charge < -0.3 is 42.5 Å². The van der Waals surface area contributed by atoms with Gasteiger partial charge in [-0.1, -0.05) is 53.7 Å². The van der Waals surface area contributed by atoms with Crippen LogP contribution in [0.15, 0.2) is 24.3 Å². The van der Waals surface area contributed by atoms with E-state index in [0.717, 1.165) is 0 Å². The van der Waals surface area contributed by atoms with Gasteiger partial charge in [-0.25, -0.2) is 0 Å². The van der Waals surface area contributed by atoms with Gasteiger partial charge in [0.1, 0.15) is 36.5 Å². The molecule has 0 spiro atoms. The normalized spacial score (nSPS) is 14.5. The van der Waals surface area contributed by atoms with Crippen LogP contribution < -0.4 is 32.3 Å². The molecule has 5 atom stereocenters. The smallest absolute Gasteiger partial charge is 0.322 e. The number of phenolic OH excluding ortho intramolecular Hbond substituents is 1. The van der Waals surface area contributed by atoms with Crippen LogP contribution >= 0.6 is 12.6 Å². The predicted molar refractivity (Wildman–Crippen MR) is 176 cm³/mol. The number of aliphatic carboxylic acids is 1. The summed E-state index contributed by atoms with van der Waals surface area (Å²) in [5.74, 6) is -4.98. The van der Waals surface area contributed by atoms with Crippen LogP contribution in [0.3, 0.4) is 0 Å². The van der Waals surface area contributed by atoms with Gasteiger partial charge in [-0.2, -0.15) is 12.6 Å². The minimum Gasteiger partial charge on any atom is -0.508 e. The van der Waals surface area contributed by atoms with Gasteiger partial charge in [0.25, 0.3) is 0 Å². The number of phenols is 1. The minimum atomic E-state index is -1.26. The number of aromatic hydroxyl groups is 1. The van der Waals surface area contributed by atoms with E-state index in [9.17, 15) is 33.9 Å². The number of hydrogen-bond acceptors (Lipinski definition) is 9. The minimum absolute atomic E-state index is 0.0340. The van der Waals surface area contributed by atoms with Crippen molar-refractivity contribution in [3.8, 4) is 5.75 Å². The summed E-state index contributed by atoms with van der Waals surface area (Å²) in [7, 11) is 0. The fourth-order valence-electron chi connectivity index (χ4n) is 4.48. The van der Waals surface area contributed by atoms with Crippen molar-refractivity contribution < 1.29 is 39.0 Å². The molecule has 0 fully saturated rings. The Morgan fingerprint density at radius 3 is 1.74 bits per heavy atom. The zero-order valence-corrected chi connectivity index (χ0v) is 28.2. The summed E-state index contributed by atoms with van der Waals surface area (Å²) in [4.78, 5) is 76.5. The number of nitrogens with one attached hydrogen (secondary N) is 5. The lowest BCUT2D eigenvalue weighted by Crippen LogP contribution is -2.60. The number of rotatable bonds is 19. The van der Waals surface area contributed by atoms with Crippen LogP contribution in [0.4, 0.5) is 0 Å². The topological polar surface area (TPSA) is 229 Å². The van der Waals surface area contributed by atoms with Crippen LogP contribution in [-0.4, -0.2) is 88.2 Å². The molecule has 0 aliphatic heterocycles. The Bertz CT molecular complexity index is 1190. The Balaban J connectivity index is 3.19. The van der Waals surface area contributed by atoms with Gasteiger partial charge in [0, 0.05) is 12.2 Å². The molecule has 5 amide bonds. The van der Waals surface area contributed by atoms with Crippen molar-refractivity contribution in [1.29, 1.82) is 0 Å². The first-order valence-corrected chi connectivity index (χ1v) is 15.9. The standard InChI is InChI=1S/C31H50N6O8S/c1-16(2)11-21(32)27(41)34-23(13-19-7-9-20(38)10-8-19)29(43)35-22(12-17(3)4)30(44)37-26(18(5)6)31(45)36-24(15-46)28(42)33-14-25(39)40/h7-10,16-18,21-24,26,38,46H,11-15,32H2,1-6H3,(H,33,42)(H,34,41)(H,35,43)(H,36,45)(H,37,44)(H,39,40)/t21-,22-,23-,24-,26-/m0/s1. The molecule has 258 valence electrons. The number of hydrogen-bond donors (Lipinski definition) is 9. The van der Waals surface area contributed by atoms with Gasteiger partial charge >= 0.3 is 5.97 Å². The first-order valence-electron chi connectivity index (χ1n) is 15.3. The van der Waals surface area contributed by atoms with Gasteiger partial charge in [-0.3, -0.25) is 28.8 Å². The number of carbonyl (C=O) groups is 6. The van der Waals surface area contributed by atoms with Crippen LogP contribution in [0.5, 0.6) is 5.75 Å². The molecule has 1 aromatic carbocycles. The highest BCUT2D eigenvalue weighted by atomic mass is 32.1. The summed E-state index contributed by atoms with van der Waals surface area (Å²) in [6, 6.07) is 0.795. The number of carboxylic acid groups (broad SMARTS) is 1. The molecule has 0 aliphatic rings. The van der Waals surface area contributed by atoms with E-state index >= 15 is 0 Å². The first-order chi connectivity index (χ1) is 21.4. The summed E-state index contributed by atoms with van der Waals surface area (Å²) < 4.78 is 0. The molecule has 0 heterocycles. The second-order valence-electron chi connectivity index (χ2n) is 12.4. The predicted octanol–water partition coefficient (Wildman–Crippen LogP) is 0.0800. The van der Waals surface area contributed by atoms with E-state index in [1.54, 1.807) is 26.0 Å². The monoisotopic (exact) mass is 666 g/mol. The zero-order chi connectivity index (χ0) is 35.1. The molecule has 0 unspecified atom stereocenters. The zero-order valence-electron chi connectivity index (χ0n) is 27.3. The molecule has 0 bridgehead atoms. The Labute approximate surface area is 275 Å². The Morgan fingerprint density at radius 2 is 1.24 bits per heavy atom. The van der Waals surface area contributed by atoms with E-state index < -0.39 is 78.2 Å². The number of benzene rings is 1. The van der Waals surface area contributed by atoms with Gasteiger partial charge in [0.05, 0.1) is 6.04 Å². The van der Waals surface area contributed by atoms with Crippen molar-refractivity contribution >= 4 is 48.1 Å². The molecule has 14 nitrogen and oxygen atoms in total. The van der Waals surface area contributed by atoms with Gasteiger partial charge in [-0.15, -0.1) is 0 Å². The highest BCUT2D eigenvalue weighted by molar-refractivity contribution is 7.80. The maximum atomic E-state index is 13.6. The molecular weight excluding hydrogens is 616 g/mol. The average molecular weight is 667 g/mol.